The summed E-state index contributed by atoms with van der Waals surface area (Å²) in [5.74, 6) is 0.905. The van der Waals surface area contributed by atoms with Crippen LogP contribution in [-0.4, -0.2) is 11.6 Å². The van der Waals surface area contributed by atoms with E-state index in [9.17, 15) is 0 Å². The number of nitrogens with zero attached hydrogens (tertiary/aromatic N) is 1. The zero-order valence-corrected chi connectivity index (χ0v) is 10.9. The van der Waals surface area contributed by atoms with E-state index in [0.717, 1.165) is 38.9 Å². The molecule has 5 heteroatoms. The first-order valence-electron chi connectivity index (χ1n) is 5.33. The minimum Gasteiger partial charge on any atom is -0.492 e. The largest absolute Gasteiger partial charge is 0.492 e. The number of fused-ring (bicyclic) bond motifs is 1. The van der Waals surface area contributed by atoms with Gasteiger partial charge in [0.1, 0.15) is 5.75 Å². The van der Waals surface area contributed by atoms with Crippen LogP contribution in [0.15, 0.2) is 12.1 Å². The van der Waals surface area contributed by atoms with Crippen LogP contribution in [0.5, 0.6) is 5.75 Å². The molecule has 0 radical (unpaired) electrons. The number of anilines is 1. The van der Waals surface area contributed by atoms with Gasteiger partial charge in [-0.1, -0.05) is 11.6 Å². The number of aromatic nitrogens is 1. The van der Waals surface area contributed by atoms with E-state index in [1.54, 1.807) is 0 Å². The summed E-state index contributed by atoms with van der Waals surface area (Å²) in [4.78, 5) is 5.44. The van der Waals surface area contributed by atoms with Gasteiger partial charge in [0.05, 0.1) is 12.3 Å². The van der Waals surface area contributed by atoms with E-state index < -0.39 is 0 Å². The predicted octanol–water partition coefficient (Wildman–Crippen LogP) is 3.29. The summed E-state index contributed by atoms with van der Waals surface area (Å²) in [6.45, 7) is 2.72. The fourth-order valence-electron chi connectivity index (χ4n) is 2.11. The van der Waals surface area contributed by atoms with Gasteiger partial charge >= 0.3 is 0 Å². The Morgan fingerprint density at radius 1 is 1.47 bits per heavy atom. The van der Waals surface area contributed by atoms with Crippen LogP contribution >= 0.6 is 22.9 Å². The molecular formula is C12H11ClN2OS. The van der Waals surface area contributed by atoms with Gasteiger partial charge in [-0.2, -0.15) is 0 Å². The molecule has 2 heterocycles. The van der Waals surface area contributed by atoms with Gasteiger partial charge in [0.2, 0.25) is 0 Å². The zero-order chi connectivity index (χ0) is 12.0. The molecule has 0 spiro atoms. The molecule has 0 bridgehead atoms. The van der Waals surface area contributed by atoms with Gasteiger partial charge in [-0.25, -0.2) is 4.98 Å². The van der Waals surface area contributed by atoms with Gasteiger partial charge in [-0.15, -0.1) is 11.3 Å². The van der Waals surface area contributed by atoms with E-state index in [1.807, 2.05) is 19.1 Å². The van der Waals surface area contributed by atoms with Crippen molar-refractivity contribution >= 4 is 28.1 Å². The average molecular weight is 267 g/mol. The van der Waals surface area contributed by atoms with E-state index in [1.165, 1.54) is 11.3 Å². The highest BCUT2D eigenvalue weighted by atomic mass is 35.5. The van der Waals surface area contributed by atoms with Crippen molar-refractivity contribution in [2.45, 2.75) is 13.3 Å². The number of hydrogen-bond donors (Lipinski definition) is 1. The molecule has 0 atom stereocenters. The van der Waals surface area contributed by atoms with Crippen LogP contribution in [0.1, 0.15) is 10.4 Å². The van der Waals surface area contributed by atoms with Gasteiger partial charge in [0.15, 0.2) is 5.13 Å². The monoisotopic (exact) mass is 266 g/mol. The lowest BCUT2D eigenvalue weighted by molar-refractivity contribution is 0.358. The molecule has 0 aliphatic carbocycles. The molecule has 2 aromatic rings. The number of aryl methyl sites for hydroxylation is 1. The van der Waals surface area contributed by atoms with Crippen molar-refractivity contribution in [1.29, 1.82) is 0 Å². The molecule has 0 saturated heterocycles. The summed E-state index contributed by atoms with van der Waals surface area (Å²) in [5, 5.41) is 1.29. The number of hydrogen-bond acceptors (Lipinski definition) is 4. The summed E-state index contributed by atoms with van der Waals surface area (Å²) in [5.41, 5.74) is 8.72. The SMILES string of the molecule is Cc1sc(N)nc1-c1cc(Cl)cc2c1OCC2. The molecule has 17 heavy (non-hydrogen) atoms. The van der Waals surface area contributed by atoms with Crippen molar-refractivity contribution in [1.82, 2.24) is 4.98 Å². The third-order valence-electron chi connectivity index (χ3n) is 2.82. The molecule has 1 aliphatic heterocycles. The maximum Gasteiger partial charge on any atom is 0.180 e. The first kappa shape index (κ1) is 10.9. The van der Waals surface area contributed by atoms with Crippen molar-refractivity contribution in [2.24, 2.45) is 0 Å². The second-order valence-electron chi connectivity index (χ2n) is 4.00. The first-order valence-corrected chi connectivity index (χ1v) is 6.53. The lowest BCUT2D eigenvalue weighted by Gasteiger charge is -2.07. The number of rotatable bonds is 1. The van der Waals surface area contributed by atoms with Gasteiger partial charge in [0, 0.05) is 21.9 Å². The van der Waals surface area contributed by atoms with Crippen LogP contribution in [0.4, 0.5) is 5.13 Å². The molecule has 2 N–H and O–H groups in total. The highest BCUT2D eigenvalue weighted by molar-refractivity contribution is 7.15. The summed E-state index contributed by atoms with van der Waals surface area (Å²) < 4.78 is 5.67. The van der Waals surface area contributed by atoms with E-state index >= 15 is 0 Å². The van der Waals surface area contributed by atoms with E-state index in [4.69, 9.17) is 22.1 Å². The minimum atomic E-state index is 0.573. The maximum absolute atomic E-state index is 6.13. The van der Waals surface area contributed by atoms with Gasteiger partial charge < -0.3 is 10.5 Å². The lowest BCUT2D eigenvalue weighted by Crippen LogP contribution is -1.90. The van der Waals surface area contributed by atoms with Crippen LogP contribution in [0, 0.1) is 6.92 Å². The smallest absolute Gasteiger partial charge is 0.180 e. The molecule has 3 rings (SSSR count). The number of nitrogen functional groups attached to an aromatic ring is 1. The molecule has 3 nitrogen and oxygen atoms in total. The van der Waals surface area contributed by atoms with Gasteiger partial charge in [-0.05, 0) is 24.6 Å². The average Bonchev–Trinajstić information content (AvgIpc) is 2.83. The molecule has 0 unspecified atom stereocenters. The molecule has 1 aliphatic rings. The minimum absolute atomic E-state index is 0.573. The number of ether oxygens (including phenoxy) is 1. The molecule has 0 saturated carbocycles. The van der Waals surface area contributed by atoms with Crippen LogP contribution < -0.4 is 10.5 Å². The second kappa shape index (κ2) is 3.89. The fraction of sp³-hybridized carbons (Fsp3) is 0.250. The molecule has 0 fully saturated rings. The van der Waals surface area contributed by atoms with Gasteiger partial charge in [-0.3, -0.25) is 0 Å². The Labute approximate surface area is 108 Å². The van der Waals surface area contributed by atoms with Crippen LogP contribution in [0.2, 0.25) is 5.02 Å². The predicted molar refractivity (Wildman–Crippen MR) is 70.9 cm³/mol. The molecule has 1 aromatic carbocycles. The Bertz CT molecular complexity index is 594. The number of thiazole rings is 1. The van der Waals surface area contributed by atoms with Crippen molar-refractivity contribution in [3.63, 3.8) is 0 Å². The molecule has 1 aromatic heterocycles. The Morgan fingerprint density at radius 3 is 3.00 bits per heavy atom. The topological polar surface area (TPSA) is 48.1 Å². The number of nitrogens with two attached hydrogens (primary N) is 1. The van der Waals surface area contributed by atoms with Crippen LogP contribution in [-0.2, 0) is 6.42 Å². The summed E-state index contributed by atoms with van der Waals surface area (Å²) >= 11 is 7.61. The fourth-order valence-corrected chi connectivity index (χ4v) is 3.06. The van der Waals surface area contributed by atoms with E-state index in [2.05, 4.69) is 4.98 Å². The highest BCUT2D eigenvalue weighted by Crippen LogP contribution is 2.41. The van der Waals surface area contributed by atoms with Crippen LogP contribution in [0.25, 0.3) is 11.3 Å². The Kier molecular flexibility index (Phi) is 2.49. The van der Waals surface area contributed by atoms with Crippen LogP contribution in [0.3, 0.4) is 0 Å². The number of benzene rings is 1. The zero-order valence-electron chi connectivity index (χ0n) is 9.29. The van der Waals surface area contributed by atoms with Crippen molar-refractivity contribution in [2.75, 3.05) is 12.3 Å². The number of halogens is 1. The third kappa shape index (κ3) is 1.77. The summed E-state index contributed by atoms with van der Waals surface area (Å²) in [7, 11) is 0. The van der Waals surface area contributed by atoms with Gasteiger partial charge in [0.25, 0.3) is 0 Å². The van der Waals surface area contributed by atoms with Crippen molar-refractivity contribution in [3.8, 4) is 17.0 Å². The quantitative estimate of drug-likeness (QED) is 0.862. The summed E-state index contributed by atoms with van der Waals surface area (Å²) in [6, 6.07) is 3.85. The maximum atomic E-state index is 6.13. The normalized spacial score (nSPS) is 13.5. The Hall–Kier alpha value is -1.26. The second-order valence-corrected chi connectivity index (χ2v) is 5.67. The summed E-state index contributed by atoms with van der Waals surface area (Å²) in [6.07, 6.45) is 0.904. The van der Waals surface area contributed by atoms with Crippen molar-refractivity contribution in [3.05, 3.63) is 27.6 Å². The highest BCUT2D eigenvalue weighted by Gasteiger charge is 2.21. The molecule has 0 amide bonds. The standard InChI is InChI=1S/C12H11ClN2OS/c1-6-10(15-12(14)17-6)9-5-8(13)4-7-2-3-16-11(7)9/h4-5H,2-3H2,1H3,(H2,14,15). The molecule has 88 valence electrons. The van der Waals surface area contributed by atoms with E-state index in [0.29, 0.717) is 11.7 Å². The lowest BCUT2D eigenvalue weighted by atomic mass is 10.1. The third-order valence-corrected chi connectivity index (χ3v) is 3.83. The van der Waals surface area contributed by atoms with E-state index in [-0.39, 0.29) is 0 Å². The Balaban J connectivity index is 2.24. The Morgan fingerprint density at radius 2 is 2.29 bits per heavy atom. The molecular weight excluding hydrogens is 256 g/mol. The first-order chi connectivity index (χ1) is 8.15. The van der Waals surface area contributed by atoms with Crippen molar-refractivity contribution < 1.29 is 4.74 Å².